The fraction of sp³-hybridized carbons (Fsp3) is 0.471. The van der Waals surface area contributed by atoms with E-state index in [1.807, 2.05) is 13.8 Å². The summed E-state index contributed by atoms with van der Waals surface area (Å²) < 4.78 is 14.0. The van der Waals surface area contributed by atoms with E-state index < -0.39 is 23.1 Å². The molecule has 3 N–H and O–H groups in total. The summed E-state index contributed by atoms with van der Waals surface area (Å²) in [5.74, 6) is -2.50. The van der Waals surface area contributed by atoms with Crippen molar-refractivity contribution in [2.75, 3.05) is 11.9 Å². The Morgan fingerprint density at radius 1 is 1.25 bits per heavy atom. The predicted octanol–water partition coefficient (Wildman–Crippen LogP) is 2.65. The van der Waals surface area contributed by atoms with Gasteiger partial charge in [-0.05, 0) is 38.0 Å². The van der Waals surface area contributed by atoms with E-state index in [0.717, 1.165) is 6.07 Å². The Morgan fingerprint density at radius 2 is 1.88 bits per heavy atom. The lowest BCUT2D eigenvalue weighted by molar-refractivity contribution is -0.146. The summed E-state index contributed by atoms with van der Waals surface area (Å²) in [6.07, 6.45) is 0.270. The fourth-order valence-corrected chi connectivity index (χ4v) is 1.81. The van der Waals surface area contributed by atoms with Crippen LogP contribution in [0.4, 0.5) is 10.1 Å². The summed E-state index contributed by atoms with van der Waals surface area (Å²) in [5, 5.41) is 13.9. The number of benzene rings is 1. The van der Waals surface area contributed by atoms with Gasteiger partial charge < -0.3 is 15.7 Å². The molecule has 0 radical (unpaired) electrons. The van der Waals surface area contributed by atoms with Crippen molar-refractivity contribution in [2.24, 2.45) is 11.3 Å². The van der Waals surface area contributed by atoms with Crippen LogP contribution in [-0.4, -0.2) is 29.4 Å². The molecule has 6 nitrogen and oxygen atoms in total. The van der Waals surface area contributed by atoms with Crippen LogP contribution >= 0.6 is 0 Å². The number of carbonyl (C=O) groups is 3. The number of carbonyl (C=O) groups excluding carboxylic acids is 2. The first-order valence-corrected chi connectivity index (χ1v) is 7.64. The average Bonchev–Trinajstić information content (AvgIpc) is 2.46. The quantitative estimate of drug-likeness (QED) is 0.712. The molecule has 24 heavy (non-hydrogen) atoms. The molecule has 0 saturated heterocycles. The summed E-state index contributed by atoms with van der Waals surface area (Å²) >= 11 is 0. The Balaban J connectivity index is 2.75. The number of carboxylic acids is 1. The maximum Gasteiger partial charge on any atom is 0.310 e. The normalized spacial score (nSPS) is 11.2. The molecule has 0 aliphatic heterocycles. The van der Waals surface area contributed by atoms with Crippen LogP contribution in [0, 0.1) is 17.2 Å². The van der Waals surface area contributed by atoms with Crippen molar-refractivity contribution in [3.8, 4) is 0 Å². The van der Waals surface area contributed by atoms with Crippen LogP contribution in [0.5, 0.6) is 0 Å². The van der Waals surface area contributed by atoms with Gasteiger partial charge in [-0.1, -0.05) is 13.8 Å². The van der Waals surface area contributed by atoms with Crippen LogP contribution in [0.1, 0.15) is 44.5 Å². The van der Waals surface area contributed by atoms with E-state index in [4.69, 9.17) is 5.11 Å². The van der Waals surface area contributed by atoms with Gasteiger partial charge in [0.25, 0.3) is 5.91 Å². The minimum Gasteiger partial charge on any atom is -0.481 e. The van der Waals surface area contributed by atoms with Crippen molar-refractivity contribution in [3.63, 3.8) is 0 Å². The molecule has 1 aromatic carbocycles. The number of hydrogen-bond donors (Lipinski definition) is 3. The highest BCUT2D eigenvalue weighted by Crippen LogP contribution is 2.18. The number of halogens is 1. The molecule has 0 aliphatic carbocycles. The average molecular weight is 338 g/mol. The number of aliphatic carboxylic acids is 1. The van der Waals surface area contributed by atoms with Gasteiger partial charge in [-0.25, -0.2) is 4.39 Å². The van der Waals surface area contributed by atoms with Gasteiger partial charge in [0.2, 0.25) is 5.91 Å². The van der Waals surface area contributed by atoms with Gasteiger partial charge in [0.1, 0.15) is 5.82 Å². The zero-order valence-electron chi connectivity index (χ0n) is 14.3. The fourth-order valence-electron chi connectivity index (χ4n) is 1.81. The number of carboxylic acid groups (broad SMARTS) is 1. The van der Waals surface area contributed by atoms with E-state index in [2.05, 4.69) is 10.6 Å². The predicted molar refractivity (Wildman–Crippen MR) is 88.2 cm³/mol. The van der Waals surface area contributed by atoms with Crippen LogP contribution < -0.4 is 10.6 Å². The monoisotopic (exact) mass is 338 g/mol. The van der Waals surface area contributed by atoms with Crippen molar-refractivity contribution in [3.05, 3.63) is 29.6 Å². The van der Waals surface area contributed by atoms with E-state index in [0.29, 0.717) is 0 Å². The largest absolute Gasteiger partial charge is 0.481 e. The minimum absolute atomic E-state index is 0.00284. The highest BCUT2D eigenvalue weighted by atomic mass is 19.1. The molecule has 1 rings (SSSR count). The molecular formula is C17H23FN2O4. The molecule has 0 aliphatic rings. The van der Waals surface area contributed by atoms with E-state index in [-0.39, 0.29) is 36.0 Å². The van der Waals surface area contributed by atoms with E-state index >= 15 is 0 Å². The van der Waals surface area contributed by atoms with Crippen molar-refractivity contribution >= 4 is 23.5 Å². The molecule has 0 aromatic heterocycles. The number of nitrogens with one attached hydrogen (secondary N) is 2. The first-order valence-electron chi connectivity index (χ1n) is 7.64. The van der Waals surface area contributed by atoms with Gasteiger partial charge >= 0.3 is 5.97 Å². The molecule has 0 unspecified atom stereocenters. The van der Waals surface area contributed by atoms with Crippen molar-refractivity contribution in [1.82, 2.24) is 5.32 Å². The van der Waals surface area contributed by atoms with E-state index in [1.54, 1.807) is 0 Å². The summed E-state index contributed by atoms with van der Waals surface area (Å²) in [6.45, 7) is 6.62. The SMILES string of the molecule is CC(C)CC(=O)Nc1ccc(C(=O)NCC(C)(C)C(=O)O)cc1F. The van der Waals surface area contributed by atoms with E-state index in [9.17, 15) is 18.8 Å². The molecule has 7 heteroatoms. The van der Waals surface area contributed by atoms with Gasteiger partial charge in [-0.2, -0.15) is 0 Å². The first kappa shape index (κ1) is 19.6. The number of rotatable bonds is 7. The molecular weight excluding hydrogens is 315 g/mol. The zero-order valence-corrected chi connectivity index (χ0v) is 14.3. The molecule has 0 bridgehead atoms. The lowest BCUT2D eigenvalue weighted by atomic mass is 9.94. The van der Waals surface area contributed by atoms with Crippen molar-refractivity contribution in [2.45, 2.75) is 34.1 Å². The second-order valence-corrected chi connectivity index (χ2v) is 6.71. The molecule has 0 heterocycles. The maximum absolute atomic E-state index is 14.0. The third kappa shape index (κ3) is 5.64. The van der Waals surface area contributed by atoms with E-state index in [1.165, 1.54) is 26.0 Å². The van der Waals surface area contributed by atoms with Gasteiger partial charge in [0, 0.05) is 18.5 Å². The molecule has 0 atom stereocenters. The van der Waals surface area contributed by atoms with Gasteiger partial charge in [0.05, 0.1) is 11.1 Å². The second-order valence-electron chi connectivity index (χ2n) is 6.71. The highest BCUT2D eigenvalue weighted by molar-refractivity contribution is 5.96. The second kappa shape index (κ2) is 7.90. The van der Waals surface area contributed by atoms with Crippen LogP contribution in [0.2, 0.25) is 0 Å². The maximum atomic E-state index is 14.0. The Morgan fingerprint density at radius 3 is 2.38 bits per heavy atom. The van der Waals surface area contributed by atoms with Crippen LogP contribution in [0.15, 0.2) is 18.2 Å². The molecule has 0 saturated carbocycles. The Bertz CT molecular complexity index is 641. The van der Waals surface area contributed by atoms with Crippen molar-refractivity contribution in [1.29, 1.82) is 0 Å². The van der Waals surface area contributed by atoms with Gasteiger partial charge in [-0.15, -0.1) is 0 Å². The smallest absolute Gasteiger partial charge is 0.310 e. The van der Waals surface area contributed by atoms with Gasteiger partial charge in [0.15, 0.2) is 0 Å². The summed E-state index contributed by atoms with van der Waals surface area (Å²) in [5.41, 5.74) is -1.07. The standard InChI is InChI=1S/C17H23FN2O4/c1-10(2)7-14(21)20-13-6-5-11(8-12(13)18)15(22)19-9-17(3,4)16(23)24/h5-6,8,10H,7,9H2,1-4H3,(H,19,22)(H,20,21)(H,23,24). The molecule has 2 amide bonds. The molecule has 1 aromatic rings. The third-order valence-corrected chi connectivity index (χ3v) is 3.37. The van der Waals surface area contributed by atoms with Crippen LogP contribution in [0.25, 0.3) is 0 Å². The molecule has 132 valence electrons. The van der Waals surface area contributed by atoms with Crippen LogP contribution in [-0.2, 0) is 9.59 Å². The van der Waals surface area contributed by atoms with Crippen molar-refractivity contribution < 1.29 is 23.9 Å². The Labute approximate surface area is 140 Å². The van der Waals surface area contributed by atoms with Crippen LogP contribution in [0.3, 0.4) is 0 Å². The highest BCUT2D eigenvalue weighted by Gasteiger charge is 2.27. The van der Waals surface area contributed by atoms with Gasteiger partial charge in [-0.3, -0.25) is 14.4 Å². The summed E-state index contributed by atoms with van der Waals surface area (Å²) in [6, 6.07) is 3.69. The Kier molecular flexibility index (Phi) is 6.45. The topological polar surface area (TPSA) is 95.5 Å². The number of amides is 2. The Hall–Kier alpha value is -2.44. The third-order valence-electron chi connectivity index (χ3n) is 3.37. The molecule has 0 fully saturated rings. The minimum atomic E-state index is -1.13. The molecule has 0 spiro atoms. The lowest BCUT2D eigenvalue weighted by Crippen LogP contribution is -2.38. The number of anilines is 1. The lowest BCUT2D eigenvalue weighted by Gasteiger charge is -2.19. The zero-order chi connectivity index (χ0) is 18.5. The summed E-state index contributed by atoms with van der Waals surface area (Å²) in [4.78, 5) is 34.6. The summed E-state index contributed by atoms with van der Waals surface area (Å²) in [7, 11) is 0. The first-order chi connectivity index (χ1) is 11.0. The number of hydrogen-bond acceptors (Lipinski definition) is 3.